The van der Waals surface area contributed by atoms with Gasteiger partial charge in [0.15, 0.2) is 0 Å². The monoisotopic (exact) mass is 382 g/mol. The Kier molecular flexibility index (Phi) is 4.98. The highest BCUT2D eigenvalue weighted by atomic mass is 19.1. The van der Waals surface area contributed by atoms with Crippen molar-refractivity contribution in [2.24, 2.45) is 0 Å². The summed E-state index contributed by atoms with van der Waals surface area (Å²) in [5.41, 5.74) is 4.15. The Balaban J connectivity index is 1.44. The van der Waals surface area contributed by atoms with Crippen molar-refractivity contribution in [1.82, 2.24) is 4.90 Å². The van der Waals surface area contributed by atoms with Crippen LogP contribution in [0, 0.1) is 12.7 Å². The number of benzene rings is 2. The third-order valence-electron chi connectivity index (χ3n) is 5.94. The van der Waals surface area contributed by atoms with Crippen LogP contribution in [0.3, 0.4) is 0 Å². The molecule has 2 N–H and O–H groups in total. The van der Waals surface area contributed by atoms with Gasteiger partial charge in [-0.25, -0.2) is 4.39 Å². The molecule has 2 heterocycles. The number of likely N-dealkylation sites (N-methyl/N-ethyl adjacent to an activating group) is 2. The van der Waals surface area contributed by atoms with Gasteiger partial charge in [0, 0.05) is 48.7 Å². The Labute approximate surface area is 165 Å². The Morgan fingerprint density at radius 1 is 1.32 bits per heavy atom. The Morgan fingerprint density at radius 3 is 2.86 bits per heavy atom. The molecule has 2 aromatic carbocycles. The molecule has 0 saturated carbocycles. The van der Waals surface area contributed by atoms with Gasteiger partial charge in [0.2, 0.25) is 5.91 Å². The van der Waals surface area contributed by atoms with Gasteiger partial charge in [-0.15, -0.1) is 0 Å². The van der Waals surface area contributed by atoms with E-state index in [1.807, 2.05) is 25.1 Å². The lowest BCUT2D eigenvalue weighted by Crippen LogP contribution is -2.34. The molecule has 0 aromatic heterocycles. The molecule has 1 fully saturated rings. The summed E-state index contributed by atoms with van der Waals surface area (Å²) in [6, 6.07) is 11.1. The fourth-order valence-electron chi connectivity index (χ4n) is 4.20. The lowest BCUT2D eigenvalue weighted by molar-refractivity contribution is -0.116. The number of nitrogens with one attached hydrogen (secondary N) is 2. The molecule has 2 aliphatic heterocycles. The average Bonchev–Trinajstić information content (AvgIpc) is 3.32. The van der Waals surface area contributed by atoms with Gasteiger partial charge in [-0.1, -0.05) is 12.1 Å². The first-order valence-electron chi connectivity index (χ1n) is 9.79. The lowest BCUT2D eigenvalue weighted by Gasteiger charge is -2.27. The quantitative estimate of drug-likeness (QED) is 0.852. The van der Waals surface area contributed by atoms with Crippen molar-refractivity contribution in [2.75, 3.05) is 42.7 Å². The maximum Gasteiger partial charge on any atom is 0.247 e. The molecular formula is C22H27FN4O. The van der Waals surface area contributed by atoms with Crippen LogP contribution in [-0.4, -0.2) is 50.1 Å². The zero-order valence-corrected chi connectivity index (χ0v) is 16.6. The predicted octanol–water partition coefficient (Wildman–Crippen LogP) is 3.25. The van der Waals surface area contributed by atoms with Gasteiger partial charge in [-0.2, -0.15) is 0 Å². The topological polar surface area (TPSA) is 47.6 Å². The summed E-state index contributed by atoms with van der Waals surface area (Å²) in [6.45, 7) is 4.07. The minimum Gasteiger partial charge on any atom is -0.373 e. The maximum absolute atomic E-state index is 14.1. The van der Waals surface area contributed by atoms with Gasteiger partial charge in [0.05, 0.1) is 0 Å². The zero-order chi connectivity index (χ0) is 19.8. The number of anilines is 3. The van der Waals surface area contributed by atoms with E-state index in [0.717, 1.165) is 42.1 Å². The van der Waals surface area contributed by atoms with Gasteiger partial charge >= 0.3 is 0 Å². The van der Waals surface area contributed by atoms with E-state index in [1.165, 1.54) is 6.07 Å². The molecule has 1 amide bonds. The second-order valence-electron chi connectivity index (χ2n) is 7.97. The van der Waals surface area contributed by atoms with E-state index in [2.05, 4.69) is 40.6 Å². The molecule has 2 aromatic rings. The SMILES string of the molecule is Cc1ccc(F)c2c1NC(C(=O)Nc1cccc(N(C)C3CCN(C)C3)c1)C2. The summed E-state index contributed by atoms with van der Waals surface area (Å²) < 4.78 is 14.1. The highest BCUT2D eigenvalue weighted by molar-refractivity contribution is 5.98. The number of hydrogen-bond donors (Lipinski definition) is 2. The number of carbonyl (C=O) groups is 1. The third-order valence-corrected chi connectivity index (χ3v) is 5.94. The molecule has 6 heteroatoms. The number of amides is 1. The van der Waals surface area contributed by atoms with E-state index >= 15 is 0 Å². The highest BCUT2D eigenvalue weighted by Gasteiger charge is 2.30. The minimum atomic E-state index is -0.463. The van der Waals surface area contributed by atoms with Crippen molar-refractivity contribution >= 4 is 23.0 Å². The first kappa shape index (κ1) is 18.7. The second-order valence-corrected chi connectivity index (χ2v) is 7.97. The number of hydrogen-bond acceptors (Lipinski definition) is 4. The van der Waals surface area contributed by atoms with Crippen LogP contribution in [0.1, 0.15) is 17.5 Å². The lowest BCUT2D eigenvalue weighted by atomic mass is 10.1. The van der Waals surface area contributed by atoms with E-state index in [9.17, 15) is 9.18 Å². The summed E-state index contributed by atoms with van der Waals surface area (Å²) in [4.78, 5) is 17.4. The van der Waals surface area contributed by atoms with E-state index < -0.39 is 6.04 Å². The van der Waals surface area contributed by atoms with Gasteiger partial charge in [0.25, 0.3) is 0 Å². The molecule has 0 radical (unpaired) electrons. The van der Waals surface area contributed by atoms with Gasteiger partial charge in [-0.3, -0.25) is 4.79 Å². The molecule has 2 aliphatic rings. The van der Waals surface area contributed by atoms with Crippen molar-refractivity contribution in [3.05, 3.63) is 53.3 Å². The van der Waals surface area contributed by atoms with Crippen LogP contribution in [0.2, 0.25) is 0 Å². The van der Waals surface area contributed by atoms with Gasteiger partial charge in [0.1, 0.15) is 11.9 Å². The molecule has 4 rings (SSSR count). The number of carbonyl (C=O) groups excluding carboxylic acids is 1. The number of aryl methyl sites for hydroxylation is 1. The van der Waals surface area contributed by atoms with Crippen LogP contribution < -0.4 is 15.5 Å². The van der Waals surface area contributed by atoms with Crippen LogP contribution in [0.5, 0.6) is 0 Å². The molecule has 0 aliphatic carbocycles. The molecule has 0 spiro atoms. The Morgan fingerprint density at radius 2 is 2.14 bits per heavy atom. The van der Waals surface area contributed by atoms with Crippen LogP contribution in [0.25, 0.3) is 0 Å². The van der Waals surface area contributed by atoms with E-state index in [0.29, 0.717) is 18.0 Å². The van der Waals surface area contributed by atoms with Gasteiger partial charge < -0.3 is 20.4 Å². The molecule has 2 unspecified atom stereocenters. The molecule has 0 bridgehead atoms. The molecular weight excluding hydrogens is 355 g/mol. The normalized spacial score (nSPS) is 21.3. The zero-order valence-electron chi connectivity index (χ0n) is 16.6. The number of halogens is 1. The molecule has 1 saturated heterocycles. The second kappa shape index (κ2) is 7.43. The minimum absolute atomic E-state index is 0.143. The van der Waals surface area contributed by atoms with Crippen LogP contribution >= 0.6 is 0 Å². The summed E-state index contributed by atoms with van der Waals surface area (Å²) in [6.07, 6.45) is 1.50. The maximum atomic E-state index is 14.1. The van der Waals surface area contributed by atoms with Gasteiger partial charge in [-0.05, 0) is 56.8 Å². The average molecular weight is 382 g/mol. The largest absolute Gasteiger partial charge is 0.373 e. The van der Waals surface area contributed by atoms with Crippen LogP contribution in [0.15, 0.2) is 36.4 Å². The van der Waals surface area contributed by atoms with E-state index in [1.54, 1.807) is 6.07 Å². The van der Waals surface area contributed by atoms with Crippen molar-refractivity contribution < 1.29 is 9.18 Å². The summed E-state index contributed by atoms with van der Waals surface area (Å²) in [5, 5.41) is 6.17. The van der Waals surface area contributed by atoms with E-state index in [-0.39, 0.29) is 11.7 Å². The highest BCUT2D eigenvalue weighted by Crippen LogP contribution is 2.32. The standard InChI is InChI=1S/C22H27FN4O/c1-14-7-8-19(23)18-12-20(25-21(14)18)22(28)24-15-5-4-6-16(11-15)27(3)17-9-10-26(2)13-17/h4-8,11,17,20,25H,9-10,12-13H2,1-3H3,(H,24,28). The fraction of sp³-hybridized carbons (Fsp3) is 0.409. The number of fused-ring (bicyclic) bond motifs is 1. The van der Waals surface area contributed by atoms with Crippen LogP contribution in [-0.2, 0) is 11.2 Å². The number of rotatable bonds is 4. The Bertz CT molecular complexity index is 869. The summed E-state index contributed by atoms with van der Waals surface area (Å²) in [7, 11) is 4.24. The van der Waals surface area contributed by atoms with E-state index in [4.69, 9.17) is 0 Å². The third kappa shape index (κ3) is 3.56. The molecule has 28 heavy (non-hydrogen) atoms. The molecule has 5 nitrogen and oxygen atoms in total. The molecule has 148 valence electrons. The number of nitrogens with zero attached hydrogens (tertiary/aromatic N) is 2. The van der Waals surface area contributed by atoms with Crippen molar-refractivity contribution in [2.45, 2.75) is 31.8 Å². The molecule has 2 atom stereocenters. The summed E-state index contributed by atoms with van der Waals surface area (Å²) >= 11 is 0. The van der Waals surface area contributed by atoms with Crippen molar-refractivity contribution in [3.8, 4) is 0 Å². The summed E-state index contributed by atoms with van der Waals surface area (Å²) in [5.74, 6) is -0.399. The first-order valence-corrected chi connectivity index (χ1v) is 9.79. The van der Waals surface area contributed by atoms with Crippen LogP contribution in [0.4, 0.5) is 21.5 Å². The van der Waals surface area contributed by atoms with Crippen molar-refractivity contribution in [1.29, 1.82) is 0 Å². The predicted molar refractivity (Wildman–Crippen MR) is 112 cm³/mol. The van der Waals surface area contributed by atoms with Crippen molar-refractivity contribution in [3.63, 3.8) is 0 Å². The smallest absolute Gasteiger partial charge is 0.247 e. The fourth-order valence-corrected chi connectivity index (χ4v) is 4.20. The first-order chi connectivity index (χ1) is 13.4. The number of likely N-dealkylation sites (tertiary alicyclic amines) is 1. The Hall–Kier alpha value is -2.60.